The second-order valence-electron chi connectivity index (χ2n) is 5.73. The third kappa shape index (κ3) is 6.57. The van der Waals surface area contributed by atoms with Crippen molar-refractivity contribution in [2.24, 2.45) is 29.4 Å². The third-order valence-corrected chi connectivity index (χ3v) is 3.42. The van der Waals surface area contributed by atoms with Gasteiger partial charge in [-0.25, -0.2) is 0 Å². The van der Waals surface area contributed by atoms with Crippen LogP contribution in [0.3, 0.4) is 0 Å². The van der Waals surface area contributed by atoms with Crippen LogP contribution in [0.25, 0.3) is 0 Å². The van der Waals surface area contributed by atoms with E-state index in [2.05, 4.69) is 0 Å². The fraction of sp³-hybridized carbons (Fsp3) is 0.786. The Morgan fingerprint density at radius 2 is 1.67 bits per heavy atom. The van der Waals surface area contributed by atoms with E-state index in [4.69, 9.17) is 15.6 Å². The van der Waals surface area contributed by atoms with Crippen LogP contribution >= 0.6 is 0 Å². The number of aliphatic hydroxyl groups excluding tert-OH is 1. The van der Waals surface area contributed by atoms with Crippen molar-refractivity contribution in [1.82, 2.24) is 0 Å². The number of ether oxygens (including phenoxy) is 1. The highest BCUT2D eigenvalue weighted by molar-refractivity contribution is 5.81. The standard InChI is InChI=1S/C14H25NO6/c1-7(2)12(9(4)16)14(20)21-6-8(3)10(13(18)19)5-11(15)17/h7-10,12,16H,5-6H2,1-4H3,(H2,15,17)(H,18,19). The van der Waals surface area contributed by atoms with Crippen molar-refractivity contribution in [3.63, 3.8) is 0 Å². The molecular weight excluding hydrogens is 278 g/mol. The van der Waals surface area contributed by atoms with Gasteiger partial charge in [-0.15, -0.1) is 0 Å². The van der Waals surface area contributed by atoms with Crippen LogP contribution in [0.15, 0.2) is 0 Å². The molecule has 4 N–H and O–H groups in total. The molecule has 0 aromatic heterocycles. The molecule has 0 aliphatic rings. The number of esters is 1. The average molecular weight is 303 g/mol. The predicted molar refractivity (Wildman–Crippen MR) is 75.1 cm³/mol. The summed E-state index contributed by atoms with van der Waals surface area (Å²) >= 11 is 0. The summed E-state index contributed by atoms with van der Waals surface area (Å²) in [5.41, 5.74) is 5.01. The van der Waals surface area contributed by atoms with Crippen LogP contribution in [-0.2, 0) is 19.1 Å². The van der Waals surface area contributed by atoms with Gasteiger partial charge in [0.2, 0.25) is 5.91 Å². The number of carbonyl (C=O) groups is 3. The Kier molecular flexibility index (Phi) is 7.94. The summed E-state index contributed by atoms with van der Waals surface area (Å²) < 4.78 is 5.09. The summed E-state index contributed by atoms with van der Waals surface area (Å²) in [7, 11) is 0. The van der Waals surface area contributed by atoms with Crippen molar-refractivity contribution in [2.75, 3.05) is 6.61 Å². The molecule has 0 fully saturated rings. The van der Waals surface area contributed by atoms with E-state index in [1.165, 1.54) is 6.92 Å². The lowest BCUT2D eigenvalue weighted by Crippen LogP contribution is -2.35. The minimum Gasteiger partial charge on any atom is -0.481 e. The van der Waals surface area contributed by atoms with Crippen LogP contribution < -0.4 is 5.73 Å². The molecule has 0 aliphatic carbocycles. The Labute approximate surface area is 124 Å². The largest absolute Gasteiger partial charge is 0.481 e. The quantitative estimate of drug-likeness (QED) is 0.529. The third-order valence-electron chi connectivity index (χ3n) is 3.42. The SMILES string of the molecule is CC(C)C(C(=O)OCC(C)C(CC(N)=O)C(=O)O)C(C)O. The minimum atomic E-state index is -1.16. The van der Waals surface area contributed by atoms with E-state index in [1.54, 1.807) is 20.8 Å². The molecule has 0 aromatic carbocycles. The van der Waals surface area contributed by atoms with Crippen LogP contribution in [0.4, 0.5) is 0 Å². The van der Waals surface area contributed by atoms with Gasteiger partial charge in [0.15, 0.2) is 0 Å². The molecule has 4 atom stereocenters. The van der Waals surface area contributed by atoms with Crippen molar-refractivity contribution in [1.29, 1.82) is 0 Å². The van der Waals surface area contributed by atoms with Gasteiger partial charge in [0, 0.05) is 12.3 Å². The van der Waals surface area contributed by atoms with E-state index < -0.39 is 41.7 Å². The molecule has 0 rings (SSSR count). The normalized spacial score (nSPS) is 16.9. The lowest BCUT2D eigenvalue weighted by atomic mass is 9.90. The Morgan fingerprint density at radius 1 is 1.14 bits per heavy atom. The van der Waals surface area contributed by atoms with Crippen molar-refractivity contribution >= 4 is 17.8 Å². The zero-order chi connectivity index (χ0) is 16.7. The first kappa shape index (κ1) is 19.4. The van der Waals surface area contributed by atoms with Crippen molar-refractivity contribution in [2.45, 2.75) is 40.2 Å². The summed E-state index contributed by atoms with van der Waals surface area (Å²) in [6.45, 7) is 6.51. The number of rotatable bonds is 9. The van der Waals surface area contributed by atoms with Gasteiger partial charge in [0.1, 0.15) is 0 Å². The molecule has 7 heteroatoms. The van der Waals surface area contributed by atoms with E-state index >= 15 is 0 Å². The Hall–Kier alpha value is -1.63. The predicted octanol–water partition coefficient (Wildman–Crippen LogP) is 0.395. The van der Waals surface area contributed by atoms with Gasteiger partial charge in [0.05, 0.1) is 24.5 Å². The van der Waals surface area contributed by atoms with E-state index in [0.29, 0.717) is 0 Å². The number of aliphatic hydroxyl groups is 1. The first-order valence-corrected chi connectivity index (χ1v) is 6.93. The Balaban J connectivity index is 4.64. The molecule has 0 radical (unpaired) electrons. The first-order chi connectivity index (χ1) is 9.57. The maximum absolute atomic E-state index is 11.9. The van der Waals surface area contributed by atoms with Crippen LogP contribution in [-0.4, -0.2) is 40.8 Å². The second-order valence-corrected chi connectivity index (χ2v) is 5.73. The first-order valence-electron chi connectivity index (χ1n) is 6.93. The fourth-order valence-electron chi connectivity index (χ4n) is 2.20. The molecule has 0 aliphatic heterocycles. The smallest absolute Gasteiger partial charge is 0.311 e. The van der Waals surface area contributed by atoms with E-state index in [9.17, 15) is 19.5 Å². The van der Waals surface area contributed by atoms with Gasteiger partial charge >= 0.3 is 11.9 Å². The van der Waals surface area contributed by atoms with Crippen molar-refractivity contribution in [3.05, 3.63) is 0 Å². The highest BCUT2D eigenvalue weighted by Gasteiger charge is 2.31. The molecule has 0 spiro atoms. The maximum Gasteiger partial charge on any atom is 0.311 e. The monoisotopic (exact) mass is 303 g/mol. The van der Waals surface area contributed by atoms with Crippen LogP contribution in [0.5, 0.6) is 0 Å². The molecule has 0 saturated carbocycles. The number of nitrogens with two attached hydrogens (primary N) is 1. The van der Waals surface area contributed by atoms with Gasteiger partial charge in [-0.1, -0.05) is 20.8 Å². The lowest BCUT2D eigenvalue weighted by molar-refractivity contribution is -0.158. The van der Waals surface area contributed by atoms with Gasteiger partial charge in [-0.2, -0.15) is 0 Å². The molecule has 122 valence electrons. The molecule has 0 heterocycles. The molecule has 7 nitrogen and oxygen atoms in total. The topological polar surface area (TPSA) is 127 Å². The molecule has 0 aromatic rings. The van der Waals surface area contributed by atoms with Gasteiger partial charge in [-0.05, 0) is 12.8 Å². The Morgan fingerprint density at radius 3 is 2.00 bits per heavy atom. The number of aliphatic carboxylic acids is 1. The Bertz CT molecular complexity index is 372. The molecule has 1 amide bonds. The summed E-state index contributed by atoms with van der Waals surface area (Å²) in [6, 6.07) is 0. The van der Waals surface area contributed by atoms with Crippen LogP contribution in [0.2, 0.25) is 0 Å². The number of carboxylic acid groups (broad SMARTS) is 1. The maximum atomic E-state index is 11.9. The van der Waals surface area contributed by atoms with Gasteiger partial charge in [0.25, 0.3) is 0 Å². The molecule has 21 heavy (non-hydrogen) atoms. The minimum absolute atomic E-state index is 0.103. The number of primary amides is 1. The zero-order valence-electron chi connectivity index (χ0n) is 12.9. The number of carbonyl (C=O) groups excluding carboxylic acids is 2. The summed E-state index contributed by atoms with van der Waals surface area (Å²) in [5, 5.41) is 18.6. The summed E-state index contributed by atoms with van der Waals surface area (Å²) in [5.74, 6) is -4.78. The average Bonchev–Trinajstić information content (AvgIpc) is 2.31. The van der Waals surface area contributed by atoms with Crippen LogP contribution in [0, 0.1) is 23.7 Å². The summed E-state index contributed by atoms with van der Waals surface area (Å²) in [6.07, 6.45) is -1.16. The van der Waals surface area contributed by atoms with Crippen molar-refractivity contribution < 1.29 is 29.3 Å². The number of hydrogen-bond acceptors (Lipinski definition) is 5. The number of amides is 1. The van der Waals surface area contributed by atoms with E-state index in [-0.39, 0.29) is 18.9 Å². The molecule has 4 unspecified atom stereocenters. The second kappa shape index (κ2) is 8.61. The zero-order valence-corrected chi connectivity index (χ0v) is 12.9. The number of carboxylic acids is 1. The molecule has 0 saturated heterocycles. The molecular formula is C14H25NO6. The highest BCUT2D eigenvalue weighted by atomic mass is 16.5. The highest BCUT2D eigenvalue weighted by Crippen LogP contribution is 2.20. The molecule has 0 bridgehead atoms. The summed E-state index contributed by atoms with van der Waals surface area (Å²) in [4.78, 5) is 33.9. The number of hydrogen-bond donors (Lipinski definition) is 3. The van der Waals surface area contributed by atoms with Crippen molar-refractivity contribution in [3.8, 4) is 0 Å². The van der Waals surface area contributed by atoms with E-state index in [0.717, 1.165) is 0 Å². The fourth-order valence-corrected chi connectivity index (χ4v) is 2.20. The van der Waals surface area contributed by atoms with E-state index in [1.807, 2.05) is 0 Å². The van der Waals surface area contributed by atoms with Crippen LogP contribution in [0.1, 0.15) is 34.1 Å². The van der Waals surface area contributed by atoms with Gasteiger partial charge < -0.3 is 20.7 Å². The lowest BCUT2D eigenvalue weighted by Gasteiger charge is -2.24. The van der Waals surface area contributed by atoms with Gasteiger partial charge in [-0.3, -0.25) is 14.4 Å².